The molecule has 0 aromatic heterocycles. The quantitative estimate of drug-likeness (QED) is 0.736. The standard InChI is InChI=1S/C13H21NO/c1-5-6-15-13-8-11(2)7-12(9-13)10-14(3)4/h7-9H,5-6,10H2,1-4H3. The van der Waals surface area contributed by atoms with E-state index in [0.29, 0.717) is 0 Å². The van der Waals surface area contributed by atoms with Crippen LogP contribution in [0.3, 0.4) is 0 Å². The lowest BCUT2D eigenvalue weighted by atomic mass is 10.1. The molecule has 0 fully saturated rings. The van der Waals surface area contributed by atoms with Crippen molar-refractivity contribution in [3.8, 4) is 5.75 Å². The van der Waals surface area contributed by atoms with Gasteiger partial charge in [-0.05, 0) is 50.7 Å². The van der Waals surface area contributed by atoms with E-state index in [-0.39, 0.29) is 0 Å². The molecule has 2 nitrogen and oxygen atoms in total. The number of benzene rings is 1. The summed E-state index contributed by atoms with van der Waals surface area (Å²) in [5, 5.41) is 0. The molecule has 0 spiro atoms. The van der Waals surface area contributed by atoms with Crippen LogP contribution in [0.15, 0.2) is 18.2 Å². The number of aryl methyl sites for hydroxylation is 1. The summed E-state index contributed by atoms with van der Waals surface area (Å²) in [6.07, 6.45) is 1.05. The summed E-state index contributed by atoms with van der Waals surface area (Å²) in [6, 6.07) is 6.43. The van der Waals surface area contributed by atoms with Crippen LogP contribution in [0.5, 0.6) is 5.75 Å². The van der Waals surface area contributed by atoms with Gasteiger partial charge < -0.3 is 9.64 Å². The van der Waals surface area contributed by atoms with Gasteiger partial charge in [0.05, 0.1) is 6.61 Å². The largest absolute Gasteiger partial charge is 0.494 e. The van der Waals surface area contributed by atoms with Crippen LogP contribution in [-0.2, 0) is 6.54 Å². The predicted molar refractivity (Wildman–Crippen MR) is 64.4 cm³/mol. The highest BCUT2D eigenvalue weighted by atomic mass is 16.5. The third-order valence-electron chi connectivity index (χ3n) is 2.08. The molecule has 0 saturated heterocycles. The van der Waals surface area contributed by atoms with Gasteiger partial charge in [-0.3, -0.25) is 0 Å². The Bertz CT molecular complexity index is 307. The highest BCUT2D eigenvalue weighted by Crippen LogP contribution is 2.17. The molecule has 84 valence electrons. The summed E-state index contributed by atoms with van der Waals surface area (Å²) in [6.45, 7) is 5.99. The first kappa shape index (κ1) is 12.1. The Balaban J connectivity index is 2.75. The molecule has 0 unspecified atom stereocenters. The summed E-state index contributed by atoms with van der Waals surface area (Å²) in [7, 11) is 4.16. The van der Waals surface area contributed by atoms with Gasteiger partial charge in [0.25, 0.3) is 0 Å². The summed E-state index contributed by atoms with van der Waals surface area (Å²) in [5.74, 6) is 0.994. The van der Waals surface area contributed by atoms with Gasteiger partial charge in [-0.2, -0.15) is 0 Å². The van der Waals surface area contributed by atoms with Crippen molar-refractivity contribution < 1.29 is 4.74 Å². The SMILES string of the molecule is CCCOc1cc(C)cc(CN(C)C)c1. The first-order chi connectivity index (χ1) is 7.11. The predicted octanol–water partition coefficient (Wildman–Crippen LogP) is 2.85. The van der Waals surface area contributed by atoms with Crippen molar-refractivity contribution in [2.75, 3.05) is 20.7 Å². The molecule has 0 aliphatic carbocycles. The maximum atomic E-state index is 5.64. The minimum atomic E-state index is 0.796. The highest BCUT2D eigenvalue weighted by Gasteiger charge is 2.00. The van der Waals surface area contributed by atoms with E-state index in [0.717, 1.165) is 25.3 Å². The van der Waals surface area contributed by atoms with Crippen LogP contribution in [0, 0.1) is 6.92 Å². The van der Waals surface area contributed by atoms with E-state index < -0.39 is 0 Å². The molecule has 0 radical (unpaired) electrons. The van der Waals surface area contributed by atoms with Crippen LogP contribution < -0.4 is 4.74 Å². The minimum absolute atomic E-state index is 0.796. The Morgan fingerprint density at radius 2 is 1.93 bits per heavy atom. The summed E-state index contributed by atoms with van der Waals surface area (Å²) in [5.41, 5.74) is 2.58. The second-order valence-corrected chi connectivity index (χ2v) is 4.24. The first-order valence-corrected chi connectivity index (χ1v) is 5.50. The van der Waals surface area contributed by atoms with E-state index in [1.165, 1.54) is 11.1 Å². The zero-order valence-electron chi connectivity index (χ0n) is 10.2. The molecule has 0 aliphatic heterocycles. The maximum Gasteiger partial charge on any atom is 0.119 e. The Morgan fingerprint density at radius 1 is 1.20 bits per heavy atom. The third-order valence-corrected chi connectivity index (χ3v) is 2.08. The maximum absolute atomic E-state index is 5.64. The molecule has 0 aliphatic rings. The zero-order valence-corrected chi connectivity index (χ0v) is 10.2. The van der Waals surface area contributed by atoms with E-state index in [9.17, 15) is 0 Å². The van der Waals surface area contributed by atoms with Crippen molar-refractivity contribution in [2.45, 2.75) is 26.8 Å². The lowest BCUT2D eigenvalue weighted by molar-refractivity contribution is 0.316. The number of hydrogen-bond donors (Lipinski definition) is 0. The number of ether oxygens (including phenoxy) is 1. The fourth-order valence-corrected chi connectivity index (χ4v) is 1.58. The summed E-state index contributed by atoms with van der Waals surface area (Å²) in [4.78, 5) is 2.17. The molecule has 1 rings (SSSR count). The third kappa shape index (κ3) is 4.34. The second-order valence-electron chi connectivity index (χ2n) is 4.24. The summed E-state index contributed by atoms with van der Waals surface area (Å²) < 4.78 is 5.64. The lowest BCUT2D eigenvalue weighted by Gasteiger charge is -2.12. The van der Waals surface area contributed by atoms with Gasteiger partial charge >= 0.3 is 0 Å². The fraction of sp³-hybridized carbons (Fsp3) is 0.538. The topological polar surface area (TPSA) is 12.5 Å². The van der Waals surface area contributed by atoms with Crippen LogP contribution in [0.4, 0.5) is 0 Å². The minimum Gasteiger partial charge on any atom is -0.494 e. The molecule has 0 amide bonds. The Hall–Kier alpha value is -1.02. The van der Waals surface area contributed by atoms with Crippen molar-refractivity contribution in [2.24, 2.45) is 0 Å². The van der Waals surface area contributed by atoms with Crippen LogP contribution in [0.2, 0.25) is 0 Å². The number of hydrogen-bond acceptors (Lipinski definition) is 2. The summed E-state index contributed by atoms with van der Waals surface area (Å²) >= 11 is 0. The molecule has 0 heterocycles. The molecule has 0 atom stereocenters. The average Bonchev–Trinajstić information content (AvgIpc) is 2.12. The Labute approximate surface area is 92.9 Å². The molecular formula is C13H21NO. The van der Waals surface area contributed by atoms with Gasteiger partial charge in [-0.1, -0.05) is 13.0 Å². The van der Waals surface area contributed by atoms with E-state index >= 15 is 0 Å². The average molecular weight is 207 g/mol. The molecule has 15 heavy (non-hydrogen) atoms. The highest BCUT2D eigenvalue weighted by molar-refractivity contribution is 5.33. The normalized spacial score (nSPS) is 10.7. The van der Waals surface area contributed by atoms with Gasteiger partial charge in [0.1, 0.15) is 5.75 Å². The molecule has 2 heteroatoms. The lowest BCUT2D eigenvalue weighted by Crippen LogP contribution is -2.10. The van der Waals surface area contributed by atoms with Gasteiger partial charge in [-0.25, -0.2) is 0 Å². The van der Waals surface area contributed by atoms with Gasteiger partial charge in [0.2, 0.25) is 0 Å². The van der Waals surface area contributed by atoms with Crippen LogP contribution in [-0.4, -0.2) is 25.6 Å². The number of rotatable bonds is 5. The van der Waals surface area contributed by atoms with Gasteiger partial charge in [-0.15, -0.1) is 0 Å². The van der Waals surface area contributed by atoms with E-state index in [4.69, 9.17) is 4.74 Å². The van der Waals surface area contributed by atoms with E-state index in [2.05, 4.69) is 51.0 Å². The molecular weight excluding hydrogens is 186 g/mol. The molecule has 0 N–H and O–H groups in total. The molecule has 1 aromatic carbocycles. The first-order valence-electron chi connectivity index (χ1n) is 5.50. The Morgan fingerprint density at radius 3 is 2.53 bits per heavy atom. The molecule has 0 bridgehead atoms. The van der Waals surface area contributed by atoms with Crippen molar-refractivity contribution in [3.05, 3.63) is 29.3 Å². The van der Waals surface area contributed by atoms with Crippen molar-refractivity contribution >= 4 is 0 Å². The smallest absolute Gasteiger partial charge is 0.119 e. The van der Waals surface area contributed by atoms with Gasteiger partial charge in [0.15, 0.2) is 0 Å². The van der Waals surface area contributed by atoms with E-state index in [1.807, 2.05) is 0 Å². The fourth-order valence-electron chi connectivity index (χ4n) is 1.58. The second kappa shape index (κ2) is 5.76. The van der Waals surface area contributed by atoms with Crippen molar-refractivity contribution in [1.82, 2.24) is 4.90 Å². The monoisotopic (exact) mass is 207 g/mol. The zero-order chi connectivity index (χ0) is 11.3. The van der Waals surface area contributed by atoms with E-state index in [1.54, 1.807) is 0 Å². The van der Waals surface area contributed by atoms with Crippen LogP contribution >= 0.6 is 0 Å². The number of nitrogens with zero attached hydrogens (tertiary/aromatic N) is 1. The Kier molecular flexibility index (Phi) is 4.63. The van der Waals surface area contributed by atoms with Crippen molar-refractivity contribution in [3.63, 3.8) is 0 Å². The molecule has 1 aromatic rings. The van der Waals surface area contributed by atoms with Crippen LogP contribution in [0.1, 0.15) is 24.5 Å². The van der Waals surface area contributed by atoms with Gasteiger partial charge in [0, 0.05) is 6.54 Å². The van der Waals surface area contributed by atoms with Crippen LogP contribution in [0.25, 0.3) is 0 Å². The molecule has 0 saturated carbocycles. The van der Waals surface area contributed by atoms with Crippen molar-refractivity contribution in [1.29, 1.82) is 0 Å².